The van der Waals surface area contributed by atoms with Crippen LogP contribution in [0.5, 0.6) is 5.75 Å². The van der Waals surface area contributed by atoms with E-state index in [2.05, 4.69) is 10.4 Å². The second kappa shape index (κ2) is 11.1. The summed E-state index contributed by atoms with van der Waals surface area (Å²) in [5.41, 5.74) is -1.59. The highest BCUT2D eigenvalue weighted by molar-refractivity contribution is 7.21. The first kappa shape index (κ1) is 28.2. The van der Waals surface area contributed by atoms with Crippen molar-refractivity contribution in [1.82, 2.24) is 24.2 Å². The van der Waals surface area contributed by atoms with Gasteiger partial charge in [0.1, 0.15) is 33.5 Å². The fourth-order valence-corrected chi connectivity index (χ4v) is 5.71. The van der Waals surface area contributed by atoms with E-state index in [9.17, 15) is 18.8 Å². The first-order valence-electron chi connectivity index (χ1n) is 12.6. The first-order chi connectivity index (χ1) is 18.5. The number of amides is 1. The molecule has 0 radical (unpaired) electrons. The van der Waals surface area contributed by atoms with E-state index in [1.165, 1.54) is 48.0 Å². The lowest BCUT2D eigenvalue weighted by Gasteiger charge is -2.27. The Labute approximate surface area is 228 Å². The van der Waals surface area contributed by atoms with Crippen LogP contribution in [0.3, 0.4) is 0 Å². The van der Waals surface area contributed by atoms with Crippen LogP contribution in [0.25, 0.3) is 15.2 Å². The number of halogens is 1. The third-order valence-electron chi connectivity index (χ3n) is 6.41. The number of hydrogen-bond acceptors (Lipinski definition) is 7. The second-order valence-electron chi connectivity index (χ2n) is 10.00. The predicted molar refractivity (Wildman–Crippen MR) is 147 cm³/mol. The summed E-state index contributed by atoms with van der Waals surface area (Å²) in [7, 11) is 0. The minimum absolute atomic E-state index is 0.0320. The fraction of sp³-hybridized carbons (Fsp3) is 0.407. The molecule has 4 aromatic rings. The minimum atomic E-state index is -1.50. The quantitative estimate of drug-likeness (QED) is 0.309. The predicted octanol–water partition coefficient (Wildman–Crippen LogP) is 2.73. The molecule has 0 aliphatic carbocycles. The fourth-order valence-electron chi connectivity index (χ4n) is 4.44. The highest BCUT2D eigenvalue weighted by Crippen LogP contribution is 2.32. The molecule has 0 atom stereocenters. The van der Waals surface area contributed by atoms with Gasteiger partial charge in [-0.15, -0.1) is 0 Å². The molecule has 3 aromatic heterocycles. The molecule has 3 heterocycles. The molecule has 1 amide bonds. The van der Waals surface area contributed by atoms with Crippen molar-refractivity contribution in [2.45, 2.75) is 59.2 Å². The summed E-state index contributed by atoms with van der Waals surface area (Å²) in [5, 5.41) is 17.2. The highest BCUT2D eigenvalue weighted by Gasteiger charge is 2.35. The largest absolute Gasteiger partial charge is 0.491 e. The van der Waals surface area contributed by atoms with Gasteiger partial charge in [0.25, 0.3) is 5.56 Å². The number of benzene rings is 1. The summed E-state index contributed by atoms with van der Waals surface area (Å²) in [6.07, 6.45) is 3.56. The van der Waals surface area contributed by atoms with Gasteiger partial charge in [0, 0.05) is 30.5 Å². The van der Waals surface area contributed by atoms with Crippen LogP contribution in [-0.4, -0.2) is 49.2 Å². The van der Waals surface area contributed by atoms with Crippen LogP contribution < -0.4 is 21.3 Å². The molecule has 1 aromatic carbocycles. The van der Waals surface area contributed by atoms with E-state index in [0.29, 0.717) is 32.1 Å². The zero-order chi connectivity index (χ0) is 28.5. The Bertz CT molecular complexity index is 1620. The van der Waals surface area contributed by atoms with Crippen molar-refractivity contribution in [2.75, 3.05) is 13.2 Å². The van der Waals surface area contributed by atoms with Crippen LogP contribution in [-0.2, 0) is 23.3 Å². The number of fused-ring (bicyclic) bond motifs is 1. The summed E-state index contributed by atoms with van der Waals surface area (Å²) in [5.74, 6) is -0.546. The summed E-state index contributed by atoms with van der Waals surface area (Å²) in [6.45, 7) is 8.35. The van der Waals surface area contributed by atoms with Crippen LogP contribution >= 0.6 is 11.3 Å². The van der Waals surface area contributed by atoms with Gasteiger partial charge >= 0.3 is 5.69 Å². The van der Waals surface area contributed by atoms with E-state index in [-0.39, 0.29) is 32.2 Å². The summed E-state index contributed by atoms with van der Waals surface area (Å²) >= 11 is 1.24. The molecule has 0 bridgehead atoms. The maximum absolute atomic E-state index is 14.1. The van der Waals surface area contributed by atoms with Gasteiger partial charge in [-0.3, -0.25) is 14.2 Å². The Balaban J connectivity index is 1.93. The molecule has 2 N–H and O–H groups in total. The summed E-state index contributed by atoms with van der Waals surface area (Å²) in [4.78, 5) is 41.5. The monoisotopic (exact) mass is 557 g/mol. The standard InChI is InChI=1S/C27H32FN5O5S/c1-16(2)30-25(36)27(4,5)33-22(35)21-17(3)23(32-11-6-10-29-32)39-24(21)31(26(33)37)12-9-18-15-19(28)7-8-20(18)38-14-13-34/h6-8,10-11,15-16,34H,9,12-14H2,1-5H3,(H,30,36). The van der Waals surface area contributed by atoms with Crippen molar-refractivity contribution in [3.05, 3.63) is 74.4 Å². The van der Waals surface area contributed by atoms with Crippen molar-refractivity contribution in [3.63, 3.8) is 0 Å². The van der Waals surface area contributed by atoms with E-state index in [1.54, 1.807) is 43.9 Å². The third kappa shape index (κ3) is 5.39. The summed E-state index contributed by atoms with van der Waals surface area (Å²) < 4.78 is 23.8. The number of rotatable bonds is 10. The number of aliphatic hydroxyl groups is 1. The Morgan fingerprint density at radius 1 is 1.28 bits per heavy atom. The smallest absolute Gasteiger partial charge is 0.333 e. The molecule has 4 rings (SSSR count). The molecule has 10 nitrogen and oxygen atoms in total. The zero-order valence-electron chi connectivity index (χ0n) is 22.5. The van der Waals surface area contributed by atoms with E-state index >= 15 is 0 Å². The number of ether oxygens (including phenoxy) is 1. The Hall–Kier alpha value is -3.77. The Morgan fingerprint density at radius 3 is 2.67 bits per heavy atom. The molecule has 0 unspecified atom stereocenters. The van der Waals surface area contributed by atoms with Crippen molar-refractivity contribution in [2.24, 2.45) is 0 Å². The van der Waals surface area contributed by atoms with E-state index in [0.717, 1.165) is 4.57 Å². The average Bonchev–Trinajstić information content (AvgIpc) is 3.51. The van der Waals surface area contributed by atoms with Gasteiger partial charge in [0.2, 0.25) is 5.91 Å². The summed E-state index contributed by atoms with van der Waals surface area (Å²) in [6, 6.07) is 5.62. The zero-order valence-corrected chi connectivity index (χ0v) is 23.3. The van der Waals surface area contributed by atoms with Gasteiger partial charge in [-0.2, -0.15) is 5.10 Å². The molecule has 208 valence electrons. The number of aliphatic hydroxyl groups excluding tert-OH is 1. The number of hydrogen-bond donors (Lipinski definition) is 2. The van der Waals surface area contributed by atoms with Gasteiger partial charge in [0.15, 0.2) is 0 Å². The van der Waals surface area contributed by atoms with Crippen molar-refractivity contribution in [1.29, 1.82) is 0 Å². The molecule has 0 spiro atoms. The maximum Gasteiger partial charge on any atom is 0.333 e. The number of nitrogens with zero attached hydrogens (tertiary/aromatic N) is 4. The van der Waals surface area contributed by atoms with E-state index in [1.807, 2.05) is 0 Å². The molecular formula is C27H32FN5O5S. The molecule has 0 fully saturated rings. The number of nitrogens with one attached hydrogen (secondary N) is 1. The van der Waals surface area contributed by atoms with Crippen LogP contribution in [0.4, 0.5) is 4.39 Å². The number of carbonyl (C=O) groups is 1. The average molecular weight is 558 g/mol. The first-order valence-corrected chi connectivity index (χ1v) is 13.4. The van der Waals surface area contributed by atoms with E-state index < -0.39 is 28.5 Å². The molecule has 0 aliphatic rings. The number of aromatic nitrogens is 4. The lowest BCUT2D eigenvalue weighted by molar-refractivity contribution is -0.129. The molecule has 39 heavy (non-hydrogen) atoms. The molecular weight excluding hydrogens is 525 g/mol. The minimum Gasteiger partial charge on any atom is -0.491 e. The van der Waals surface area contributed by atoms with Gasteiger partial charge in [-0.25, -0.2) is 18.4 Å². The third-order valence-corrected chi connectivity index (χ3v) is 7.71. The highest BCUT2D eigenvalue weighted by atomic mass is 32.1. The maximum atomic E-state index is 14.1. The van der Waals surface area contributed by atoms with Crippen LogP contribution in [0, 0.1) is 12.7 Å². The molecule has 0 saturated carbocycles. The lowest BCUT2D eigenvalue weighted by Crippen LogP contribution is -2.56. The Kier molecular flexibility index (Phi) is 8.07. The number of thiophene rings is 1. The Morgan fingerprint density at radius 2 is 2.03 bits per heavy atom. The second-order valence-corrected chi connectivity index (χ2v) is 11.0. The van der Waals surface area contributed by atoms with Crippen LogP contribution in [0.15, 0.2) is 46.2 Å². The lowest BCUT2D eigenvalue weighted by atomic mass is 10.0. The van der Waals surface area contributed by atoms with Gasteiger partial charge in [-0.1, -0.05) is 11.3 Å². The van der Waals surface area contributed by atoms with E-state index in [4.69, 9.17) is 9.84 Å². The van der Waals surface area contributed by atoms with Gasteiger partial charge in [0.05, 0.1) is 12.0 Å². The van der Waals surface area contributed by atoms with Gasteiger partial charge < -0.3 is 15.2 Å². The van der Waals surface area contributed by atoms with Crippen molar-refractivity contribution in [3.8, 4) is 10.8 Å². The van der Waals surface area contributed by atoms with Crippen LogP contribution in [0.1, 0.15) is 38.8 Å². The molecule has 0 saturated heterocycles. The van der Waals surface area contributed by atoms with Crippen molar-refractivity contribution >= 4 is 27.5 Å². The van der Waals surface area contributed by atoms with Crippen molar-refractivity contribution < 1.29 is 19.0 Å². The SMILES string of the molecule is Cc1c(-n2cccn2)sc2c1c(=O)n(C(C)(C)C(=O)NC(C)C)c(=O)n2CCc1cc(F)ccc1OCCO. The molecule has 0 aliphatic heterocycles. The molecule has 12 heteroatoms. The number of carbonyl (C=O) groups excluding carboxylic acids is 1. The van der Waals surface area contributed by atoms with Gasteiger partial charge in [-0.05, 0) is 70.9 Å². The number of aryl methyl sites for hydroxylation is 3. The topological polar surface area (TPSA) is 120 Å². The normalized spacial score (nSPS) is 11.9. The van der Waals surface area contributed by atoms with Crippen LogP contribution in [0.2, 0.25) is 0 Å².